The second-order valence-corrected chi connectivity index (χ2v) is 6.02. The zero-order valence-electron chi connectivity index (χ0n) is 12.1. The van der Waals surface area contributed by atoms with E-state index in [-0.39, 0.29) is 18.4 Å². The van der Waals surface area contributed by atoms with Gasteiger partial charge in [0.25, 0.3) is 0 Å². The molecule has 0 radical (unpaired) electrons. The van der Waals surface area contributed by atoms with Gasteiger partial charge in [-0.1, -0.05) is 18.2 Å². The van der Waals surface area contributed by atoms with Crippen LogP contribution in [0.4, 0.5) is 23.2 Å². The molecule has 8 heteroatoms. The number of anilines is 1. The predicted octanol–water partition coefficient (Wildman–Crippen LogP) is 5.23. The molecule has 1 aliphatic rings. The average molecular weight is 406 g/mol. The molecule has 1 N–H and O–H groups in total. The van der Waals surface area contributed by atoms with Crippen LogP contribution in [-0.4, -0.2) is 19.1 Å². The van der Waals surface area contributed by atoms with Gasteiger partial charge in [0.05, 0.1) is 16.2 Å². The minimum absolute atomic E-state index is 0.254. The molecule has 3 nitrogen and oxygen atoms in total. The summed E-state index contributed by atoms with van der Waals surface area (Å²) in [7, 11) is 0. The van der Waals surface area contributed by atoms with Crippen LogP contribution in [0.5, 0.6) is 11.5 Å². The van der Waals surface area contributed by atoms with E-state index in [4.69, 9.17) is 4.74 Å². The van der Waals surface area contributed by atoms with Crippen LogP contribution >= 0.6 is 15.9 Å². The van der Waals surface area contributed by atoms with Crippen molar-refractivity contribution in [3.8, 4) is 11.5 Å². The van der Waals surface area contributed by atoms with Crippen molar-refractivity contribution in [3.05, 3.63) is 52.5 Å². The van der Waals surface area contributed by atoms with E-state index in [2.05, 4.69) is 26.0 Å². The summed E-state index contributed by atoms with van der Waals surface area (Å²) in [6.45, 7) is 0.254. The van der Waals surface area contributed by atoms with Gasteiger partial charge >= 0.3 is 12.5 Å². The molecular formula is C16H12BrF4NO2. The highest BCUT2D eigenvalue weighted by Gasteiger charge is 2.44. The highest BCUT2D eigenvalue weighted by atomic mass is 79.9. The Morgan fingerprint density at radius 2 is 1.96 bits per heavy atom. The summed E-state index contributed by atoms with van der Waals surface area (Å²) in [4.78, 5) is 0. The fourth-order valence-electron chi connectivity index (χ4n) is 2.34. The SMILES string of the molecule is FC(F)C(F)(F)Oc1cccc(C2COc3c(Br)cccc3N2)c1. The number of hydrogen-bond acceptors (Lipinski definition) is 3. The van der Waals surface area contributed by atoms with Crippen molar-refractivity contribution < 1.29 is 27.0 Å². The Labute approximate surface area is 143 Å². The van der Waals surface area contributed by atoms with Crippen molar-refractivity contribution >= 4 is 21.6 Å². The number of alkyl halides is 4. The summed E-state index contributed by atoms with van der Waals surface area (Å²) in [5.74, 6) is 0.324. The van der Waals surface area contributed by atoms with E-state index in [1.165, 1.54) is 18.2 Å². The third-order valence-corrected chi connectivity index (χ3v) is 4.08. The molecule has 1 atom stereocenters. The molecule has 0 aliphatic carbocycles. The first kappa shape index (κ1) is 16.9. The molecule has 0 saturated heterocycles. The maximum atomic E-state index is 13.0. The number of nitrogens with one attached hydrogen (secondary N) is 1. The van der Waals surface area contributed by atoms with Crippen molar-refractivity contribution in [3.63, 3.8) is 0 Å². The smallest absolute Gasteiger partial charge is 0.461 e. The first-order valence-electron chi connectivity index (χ1n) is 6.99. The summed E-state index contributed by atoms with van der Waals surface area (Å²) in [6.07, 6.45) is -8.44. The lowest BCUT2D eigenvalue weighted by Gasteiger charge is -2.28. The molecule has 1 heterocycles. The Bertz CT molecular complexity index is 742. The van der Waals surface area contributed by atoms with Crippen LogP contribution in [0.15, 0.2) is 46.9 Å². The number of hydrogen-bond donors (Lipinski definition) is 1. The van der Waals surface area contributed by atoms with Crippen LogP contribution in [-0.2, 0) is 0 Å². The minimum atomic E-state index is -4.54. The molecule has 0 aromatic heterocycles. The highest BCUT2D eigenvalue weighted by molar-refractivity contribution is 9.10. The van der Waals surface area contributed by atoms with Gasteiger partial charge in [0, 0.05) is 0 Å². The van der Waals surface area contributed by atoms with E-state index in [0.29, 0.717) is 11.3 Å². The maximum Gasteiger partial charge on any atom is 0.461 e. The number of ether oxygens (including phenoxy) is 2. The number of para-hydroxylation sites is 1. The van der Waals surface area contributed by atoms with E-state index in [9.17, 15) is 17.6 Å². The lowest BCUT2D eigenvalue weighted by molar-refractivity contribution is -0.253. The van der Waals surface area contributed by atoms with E-state index >= 15 is 0 Å². The Kier molecular flexibility index (Phi) is 4.58. The third kappa shape index (κ3) is 3.43. The number of fused-ring (bicyclic) bond motifs is 1. The average Bonchev–Trinajstić information content (AvgIpc) is 2.54. The van der Waals surface area contributed by atoms with Crippen LogP contribution in [0.25, 0.3) is 0 Å². The molecular weight excluding hydrogens is 394 g/mol. The largest absolute Gasteiger partial charge is 0.488 e. The first-order chi connectivity index (χ1) is 11.4. The van der Waals surface area contributed by atoms with Gasteiger partial charge in [-0.25, -0.2) is 0 Å². The fraction of sp³-hybridized carbons (Fsp3) is 0.250. The molecule has 128 valence electrons. The Morgan fingerprint density at radius 1 is 1.21 bits per heavy atom. The Hall–Kier alpha value is -1.96. The van der Waals surface area contributed by atoms with Crippen LogP contribution < -0.4 is 14.8 Å². The summed E-state index contributed by atoms with van der Waals surface area (Å²) >= 11 is 3.38. The van der Waals surface area contributed by atoms with Crippen molar-refractivity contribution in [2.75, 3.05) is 11.9 Å². The molecule has 2 aromatic carbocycles. The number of benzene rings is 2. The minimum Gasteiger partial charge on any atom is -0.488 e. The van der Waals surface area contributed by atoms with Gasteiger partial charge in [0.2, 0.25) is 0 Å². The topological polar surface area (TPSA) is 30.5 Å². The van der Waals surface area contributed by atoms with Gasteiger partial charge in [-0.2, -0.15) is 17.6 Å². The molecule has 1 aliphatic heterocycles. The molecule has 3 rings (SSSR count). The first-order valence-corrected chi connectivity index (χ1v) is 7.79. The quantitative estimate of drug-likeness (QED) is 0.706. The van der Waals surface area contributed by atoms with Crippen molar-refractivity contribution in [1.29, 1.82) is 0 Å². The highest BCUT2D eigenvalue weighted by Crippen LogP contribution is 2.39. The monoisotopic (exact) mass is 405 g/mol. The van der Waals surface area contributed by atoms with Gasteiger partial charge in [0.15, 0.2) is 5.75 Å². The summed E-state index contributed by atoms with van der Waals surface area (Å²) in [5.41, 5.74) is 1.33. The van der Waals surface area contributed by atoms with E-state index in [0.717, 1.165) is 10.2 Å². The molecule has 1 unspecified atom stereocenters. The summed E-state index contributed by atoms with van der Waals surface area (Å²) < 4.78 is 61.1. The standard InChI is InChI=1S/C16H12BrF4NO2/c17-11-5-2-6-12-14(11)23-8-13(22-12)9-3-1-4-10(7-9)24-16(20,21)15(18)19/h1-7,13,15,22H,8H2. The second kappa shape index (κ2) is 6.51. The zero-order valence-corrected chi connectivity index (χ0v) is 13.7. The van der Waals surface area contributed by atoms with E-state index in [1.54, 1.807) is 6.07 Å². The molecule has 0 saturated carbocycles. The zero-order chi connectivity index (χ0) is 17.3. The van der Waals surface area contributed by atoms with Crippen LogP contribution in [0.2, 0.25) is 0 Å². The van der Waals surface area contributed by atoms with Crippen molar-refractivity contribution in [2.45, 2.75) is 18.6 Å². The van der Waals surface area contributed by atoms with Crippen LogP contribution in [0.1, 0.15) is 11.6 Å². The Balaban J connectivity index is 1.80. The molecule has 24 heavy (non-hydrogen) atoms. The summed E-state index contributed by atoms with van der Waals surface area (Å²) in [6, 6.07) is 10.8. The van der Waals surface area contributed by atoms with Crippen LogP contribution in [0.3, 0.4) is 0 Å². The lowest BCUT2D eigenvalue weighted by atomic mass is 10.1. The maximum absolute atomic E-state index is 13.0. The molecule has 0 spiro atoms. The molecule has 2 aromatic rings. The van der Waals surface area contributed by atoms with Crippen molar-refractivity contribution in [2.24, 2.45) is 0 Å². The lowest BCUT2D eigenvalue weighted by Crippen LogP contribution is -2.33. The Morgan fingerprint density at radius 3 is 2.71 bits per heavy atom. The molecule has 0 fully saturated rings. The van der Waals surface area contributed by atoms with Gasteiger partial charge in [-0.3, -0.25) is 0 Å². The summed E-state index contributed by atoms with van der Waals surface area (Å²) in [5, 5.41) is 3.22. The number of rotatable bonds is 4. The van der Waals surface area contributed by atoms with Gasteiger partial charge in [-0.05, 0) is 45.8 Å². The van der Waals surface area contributed by atoms with E-state index < -0.39 is 12.5 Å². The molecule has 0 amide bonds. The molecule has 0 bridgehead atoms. The van der Waals surface area contributed by atoms with Gasteiger partial charge in [-0.15, -0.1) is 0 Å². The fourth-order valence-corrected chi connectivity index (χ4v) is 2.82. The normalized spacial score (nSPS) is 17.0. The third-order valence-electron chi connectivity index (χ3n) is 3.46. The number of halogens is 5. The van der Waals surface area contributed by atoms with Crippen molar-refractivity contribution in [1.82, 2.24) is 0 Å². The second-order valence-electron chi connectivity index (χ2n) is 5.16. The predicted molar refractivity (Wildman–Crippen MR) is 84.0 cm³/mol. The van der Waals surface area contributed by atoms with Gasteiger partial charge in [0.1, 0.15) is 12.4 Å². The van der Waals surface area contributed by atoms with Gasteiger partial charge < -0.3 is 14.8 Å². The van der Waals surface area contributed by atoms with E-state index in [1.807, 2.05) is 18.2 Å². The van der Waals surface area contributed by atoms with Crippen LogP contribution in [0, 0.1) is 0 Å².